The molecule has 0 unspecified atom stereocenters. The molecule has 25 heavy (non-hydrogen) atoms. The maximum Gasteiger partial charge on any atom is 0.337 e. The monoisotopic (exact) mass is 367 g/mol. The molecule has 132 valence electrons. The van der Waals surface area contributed by atoms with Crippen LogP contribution >= 0.6 is 0 Å². The number of nitro groups is 1. The van der Waals surface area contributed by atoms with E-state index in [4.69, 9.17) is 5.14 Å². The van der Waals surface area contributed by atoms with Crippen molar-refractivity contribution < 1.29 is 28.0 Å². The van der Waals surface area contributed by atoms with Crippen LogP contribution in [-0.2, 0) is 14.8 Å². The molecule has 0 aliphatic rings. The van der Waals surface area contributed by atoms with Crippen molar-refractivity contribution in [3.63, 3.8) is 0 Å². The first-order chi connectivity index (χ1) is 11.6. The highest BCUT2D eigenvalue weighted by Gasteiger charge is 2.20. The van der Waals surface area contributed by atoms with Crippen LogP contribution in [0.1, 0.15) is 10.4 Å². The van der Waals surface area contributed by atoms with E-state index in [1.807, 2.05) is 0 Å². The largest absolute Gasteiger partial charge is 0.506 e. The van der Waals surface area contributed by atoms with Crippen LogP contribution in [0.3, 0.4) is 0 Å². The fourth-order valence-electron chi connectivity index (χ4n) is 1.97. The molecule has 0 aliphatic carbocycles. The molecular formula is C14H13N3O7S. The molecule has 0 atom stereocenters. The Balaban J connectivity index is 2.43. The second-order valence-electron chi connectivity index (χ2n) is 4.83. The van der Waals surface area contributed by atoms with Gasteiger partial charge in [-0.15, -0.1) is 0 Å². The Morgan fingerprint density at radius 3 is 2.40 bits per heavy atom. The van der Waals surface area contributed by atoms with Crippen LogP contribution in [0.15, 0.2) is 41.3 Å². The quantitative estimate of drug-likeness (QED) is 0.310. The van der Waals surface area contributed by atoms with Crippen LogP contribution in [0.25, 0.3) is 0 Å². The number of hydrogen-bond acceptors (Lipinski definition) is 8. The molecule has 10 nitrogen and oxygen atoms in total. The smallest absolute Gasteiger partial charge is 0.337 e. The number of rotatable bonds is 5. The second-order valence-corrected chi connectivity index (χ2v) is 6.39. The maximum atomic E-state index is 11.4. The van der Waals surface area contributed by atoms with Crippen molar-refractivity contribution in [1.29, 1.82) is 0 Å². The van der Waals surface area contributed by atoms with Crippen LogP contribution in [0.2, 0.25) is 0 Å². The molecule has 0 aliphatic heterocycles. The number of aromatic hydroxyl groups is 1. The fourth-order valence-corrected chi connectivity index (χ4v) is 2.51. The molecule has 0 saturated carbocycles. The van der Waals surface area contributed by atoms with Gasteiger partial charge in [-0.2, -0.15) is 0 Å². The van der Waals surface area contributed by atoms with Crippen LogP contribution in [0.4, 0.5) is 17.1 Å². The Morgan fingerprint density at radius 1 is 1.24 bits per heavy atom. The predicted molar refractivity (Wildman–Crippen MR) is 87.2 cm³/mol. The molecule has 0 spiro atoms. The first-order valence-corrected chi connectivity index (χ1v) is 8.17. The van der Waals surface area contributed by atoms with Gasteiger partial charge in [0.05, 0.1) is 28.2 Å². The lowest BCUT2D eigenvalue weighted by Gasteiger charge is -2.10. The molecule has 0 saturated heterocycles. The summed E-state index contributed by atoms with van der Waals surface area (Å²) >= 11 is 0. The minimum absolute atomic E-state index is 0.0686. The van der Waals surface area contributed by atoms with Crippen molar-refractivity contribution in [1.82, 2.24) is 0 Å². The maximum absolute atomic E-state index is 11.4. The second kappa shape index (κ2) is 6.75. The number of sulfonamides is 1. The number of nitrogens with zero attached hydrogens (tertiary/aromatic N) is 1. The average molecular weight is 367 g/mol. The van der Waals surface area contributed by atoms with Gasteiger partial charge in [0.25, 0.3) is 5.69 Å². The summed E-state index contributed by atoms with van der Waals surface area (Å²) in [6.45, 7) is 0. The molecule has 2 rings (SSSR count). The molecule has 0 fully saturated rings. The minimum atomic E-state index is -4.11. The number of nitrogens with one attached hydrogen (secondary N) is 1. The lowest BCUT2D eigenvalue weighted by atomic mass is 10.1. The summed E-state index contributed by atoms with van der Waals surface area (Å²) in [5, 5.41) is 28.7. The number of carbonyl (C=O) groups is 1. The van der Waals surface area contributed by atoms with Gasteiger partial charge in [-0.1, -0.05) is 0 Å². The number of phenols is 1. The van der Waals surface area contributed by atoms with E-state index in [0.717, 1.165) is 24.3 Å². The summed E-state index contributed by atoms with van der Waals surface area (Å²) in [6.07, 6.45) is 0. The number of ether oxygens (including phenoxy) is 1. The average Bonchev–Trinajstić information content (AvgIpc) is 2.55. The fraction of sp³-hybridized carbons (Fsp3) is 0.0714. The van der Waals surface area contributed by atoms with E-state index in [-0.39, 0.29) is 22.7 Å². The first-order valence-electron chi connectivity index (χ1n) is 6.63. The molecule has 0 heterocycles. The predicted octanol–water partition coefficient (Wildman–Crippen LogP) is 1.48. The summed E-state index contributed by atoms with van der Waals surface area (Å²) in [5.74, 6) is -1.02. The molecule has 4 N–H and O–H groups in total. The Hall–Kier alpha value is -3.18. The summed E-state index contributed by atoms with van der Waals surface area (Å²) < 4.78 is 27.1. The number of anilines is 2. The number of primary sulfonamides is 1. The van der Waals surface area contributed by atoms with Gasteiger partial charge in [-0.25, -0.2) is 18.4 Å². The lowest BCUT2D eigenvalue weighted by Crippen LogP contribution is -2.12. The number of methoxy groups -OCH3 is 1. The highest BCUT2D eigenvalue weighted by Crippen LogP contribution is 2.33. The molecule has 0 aromatic heterocycles. The zero-order valence-corrected chi connectivity index (χ0v) is 13.6. The van der Waals surface area contributed by atoms with Gasteiger partial charge in [0.15, 0.2) is 0 Å². The summed E-state index contributed by atoms with van der Waals surface area (Å²) in [4.78, 5) is 21.3. The van der Waals surface area contributed by atoms with Crippen molar-refractivity contribution in [2.45, 2.75) is 4.90 Å². The van der Waals surface area contributed by atoms with Crippen LogP contribution in [-0.4, -0.2) is 31.5 Å². The molecule has 0 amide bonds. The molecular weight excluding hydrogens is 354 g/mol. The van der Waals surface area contributed by atoms with Crippen molar-refractivity contribution in [3.05, 3.63) is 52.1 Å². The Labute approximate surface area is 142 Å². The van der Waals surface area contributed by atoms with E-state index in [9.17, 15) is 28.4 Å². The number of nitrogens with two attached hydrogens (primary N) is 1. The van der Waals surface area contributed by atoms with E-state index in [1.165, 1.54) is 19.2 Å². The number of hydrogen-bond donors (Lipinski definition) is 3. The Bertz CT molecular complexity index is 957. The standard InChI is InChI=1S/C14H13N3O7S/c1-24-14(19)8-2-4-11(13(18)6-8)16-10-5-3-9(25(15,22)23)7-12(10)17(20)21/h2-7,16,18H,1H3,(H2,15,22,23). The summed E-state index contributed by atoms with van der Waals surface area (Å²) in [6, 6.07) is 6.82. The van der Waals surface area contributed by atoms with Crippen LogP contribution in [0.5, 0.6) is 5.75 Å². The van der Waals surface area contributed by atoms with Gasteiger partial charge in [0.1, 0.15) is 11.4 Å². The minimum Gasteiger partial charge on any atom is -0.506 e. The summed E-state index contributed by atoms with van der Waals surface area (Å²) in [7, 11) is -2.93. The highest BCUT2D eigenvalue weighted by atomic mass is 32.2. The number of phenolic OH excluding ortho intramolecular Hbond substituents is 1. The molecule has 2 aromatic carbocycles. The van der Waals surface area contributed by atoms with Crippen molar-refractivity contribution in [3.8, 4) is 5.75 Å². The third-order valence-electron chi connectivity index (χ3n) is 3.18. The number of carbonyl (C=O) groups excluding carboxylic acids is 1. The van der Waals surface area contributed by atoms with Crippen molar-refractivity contribution in [2.24, 2.45) is 5.14 Å². The first kappa shape index (κ1) is 18.2. The van der Waals surface area contributed by atoms with Crippen LogP contribution < -0.4 is 10.5 Å². The van der Waals surface area contributed by atoms with Gasteiger partial charge in [-0.3, -0.25) is 10.1 Å². The van der Waals surface area contributed by atoms with E-state index in [0.29, 0.717) is 0 Å². The number of nitro benzene ring substituents is 1. The van der Waals surface area contributed by atoms with E-state index >= 15 is 0 Å². The van der Waals surface area contributed by atoms with Crippen LogP contribution in [0, 0.1) is 10.1 Å². The topological polar surface area (TPSA) is 162 Å². The SMILES string of the molecule is COC(=O)c1ccc(Nc2ccc(S(N)(=O)=O)cc2[N+](=O)[O-])c(O)c1. The molecule has 0 bridgehead atoms. The number of esters is 1. The number of benzene rings is 2. The zero-order chi connectivity index (χ0) is 18.8. The third kappa shape index (κ3) is 4.02. The molecule has 2 aromatic rings. The lowest BCUT2D eigenvalue weighted by molar-refractivity contribution is -0.384. The Kier molecular flexibility index (Phi) is 4.90. The van der Waals surface area contributed by atoms with E-state index < -0.39 is 31.5 Å². The molecule has 11 heteroatoms. The molecule has 0 radical (unpaired) electrons. The van der Waals surface area contributed by atoms with Crippen molar-refractivity contribution >= 4 is 33.1 Å². The third-order valence-corrected chi connectivity index (χ3v) is 4.09. The van der Waals surface area contributed by atoms with Crippen molar-refractivity contribution in [2.75, 3.05) is 12.4 Å². The summed E-state index contributed by atoms with van der Waals surface area (Å²) in [5.41, 5.74) is -0.467. The van der Waals surface area contributed by atoms with Gasteiger partial charge < -0.3 is 15.2 Å². The van der Waals surface area contributed by atoms with Gasteiger partial charge in [0, 0.05) is 6.07 Å². The zero-order valence-electron chi connectivity index (χ0n) is 12.8. The normalized spacial score (nSPS) is 11.0. The van der Waals surface area contributed by atoms with Gasteiger partial charge >= 0.3 is 5.97 Å². The van der Waals surface area contributed by atoms with Gasteiger partial charge in [0.2, 0.25) is 10.0 Å². The van der Waals surface area contributed by atoms with Gasteiger partial charge in [-0.05, 0) is 30.3 Å². The van der Waals surface area contributed by atoms with E-state index in [1.54, 1.807) is 0 Å². The van der Waals surface area contributed by atoms with E-state index in [2.05, 4.69) is 10.1 Å². The highest BCUT2D eigenvalue weighted by molar-refractivity contribution is 7.89. The Morgan fingerprint density at radius 2 is 1.88 bits per heavy atom.